The van der Waals surface area contributed by atoms with Crippen LogP contribution in [0, 0.1) is 0 Å². The number of hydrogen-bond acceptors (Lipinski definition) is 1. The third-order valence-corrected chi connectivity index (χ3v) is 4.36. The minimum absolute atomic E-state index is 0.0673. The van der Waals surface area contributed by atoms with E-state index in [1.54, 1.807) is 0 Å². The van der Waals surface area contributed by atoms with E-state index in [1.165, 1.54) is 54.0 Å². The second kappa shape index (κ2) is 6.23. The van der Waals surface area contributed by atoms with Crippen LogP contribution in [0.2, 0.25) is 0 Å². The Morgan fingerprint density at radius 2 is 1.65 bits per heavy atom. The average molecular weight is 265 g/mol. The van der Waals surface area contributed by atoms with Crippen LogP contribution in [0.25, 0.3) is 10.8 Å². The molecule has 1 unspecified atom stereocenters. The van der Waals surface area contributed by atoms with Crippen molar-refractivity contribution >= 4 is 10.8 Å². The first-order valence-corrected chi connectivity index (χ1v) is 7.78. The summed E-state index contributed by atoms with van der Waals surface area (Å²) in [7, 11) is 0. The van der Waals surface area contributed by atoms with Gasteiger partial charge >= 0.3 is 0 Å². The van der Waals surface area contributed by atoms with Crippen molar-refractivity contribution in [3.8, 4) is 0 Å². The van der Waals surface area contributed by atoms with Gasteiger partial charge in [-0.05, 0) is 48.1 Å². The van der Waals surface area contributed by atoms with Crippen molar-refractivity contribution in [1.29, 1.82) is 0 Å². The molecule has 2 aromatic rings. The van der Waals surface area contributed by atoms with Crippen LogP contribution >= 0.6 is 0 Å². The molecule has 1 nitrogen and oxygen atoms in total. The maximum atomic E-state index is 6.51. The molecule has 2 N–H and O–H groups in total. The lowest BCUT2D eigenvalue weighted by molar-refractivity contribution is 0.602. The van der Waals surface area contributed by atoms with Crippen LogP contribution in [-0.2, 0) is 0 Å². The van der Waals surface area contributed by atoms with Gasteiger partial charge in [0.05, 0.1) is 6.04 Å². The van der Waals surface area contributed by atoms with Crippen LogP contribution in [0.1, 0.15) is 50.1 Å². The molecule has 3 rings (SSSR count). The molecule has 1 aliphatic rings. The van der Waals surface area contributed by atoms with Crippen LogP contribution in [0.5, 0.6) is 0 Å². The smallest absolute Gasteiger partial charge is 0.0511 e. The Balaban J connectivity index is 1.88. The highest BCUT2D eigenvalue weighted by Crippen LogP contribution is 2.28. The van der Waals surface area contributed by atoms with Crippen molar-refractivity contribution in [1.82, 2.24) is 0 Å². The quantitative estimate of drug-likeness (QED) is 0.749. The summed E-state index contributed by atoms with van der Waals surface area (Å²) in [5.74, 6) is 0. The fourth-order valence-electron chi connectivity index (χ4n) is 3.11. The number of hydrogen-bond donors (Lipinski definition) is 1. The standard InChI is InChI=1S/C19H23N/c20-19(16-9-4-2-1-3-5-10-16)18-13-12-15-8-6-7-11-17(15)14-18/h6-9,11-14,19H,1-5,10,20H2/b16-9+. The molecule has 0 amide bonds. The second-order valence-corrected chi connectivity index (χ2v) is 5.82. The molecule has 0 saturated heterocycles. The minimum atomic E-state index is 0.0673. The Bertz CT molecular complexity index is 612. The summed E-state index contributed by atoms with van der Waals surface area (Å²) in [4.78, 5) is 0. The molecule has 0 aliphatic heterocycles. The molecular formula is C19H23N. The molecule has 20 heavy (non-hydrogen) atoms. The number of allylic oxidation sites excluding steroid dienone is 1. The van der Waals surface area contributed by atoms with E-state index in [1.807, 2.05) is 0 Å². The Kier molecular flexibility index (Phi) is 4.17. The van der Waals surface area contributed by atoms with Crippen LogP contribution in [0.3, 0.4) is 0 Å². The fourth-order valence-corrected chi connectivity index (χ4v) is 3.11. The highest BCUT2D eigenvalue weighted by atomic mass is 14.6. The number of rotatable bonds is 2. The Morgan fingerprint density at radius 3 is 2.55 bits per heavy atom. The van der Waals surface area contributed by atoms with Crippen molar-refractivity contribution in [3.63, 3.8) is 0 Å². The topological polar surface area (TPSA) is 26.0 Å². The monoisotopic (exact) mass is 265 g/mol. The number of benzene rings is 2. The zero-order chi connectivity index (χ0) is 13.8. The van der Waals surface area contributed by atoms with E-state index in [0.717, 1.165) is 6.42 Å². The minimum Gasteiger partial charge on any atom is -0.321 e. The predicted molar refractivity (Wildman–Crippen MR) is 86.7 cm³/mol. The number of fused-ring (bicyclic) bond motifs is 1. The summed E-state index contributed by atoms with van der Waals surface area (Å²) in [6, 6.07) is 15.2. The van der Waals surface area contributed by atoms with Gasteiger partial charge in [-0.1, -0.05) is 60.9 Å². The third kappa shape index (κ3) is 2.94. The van der Waals surface area contributed by atoms with Crippen molar-refractivity contribution in [3.05, 3.63) is 59.7 Å². The Hall–Kier alpha value is -1.60. The van der Waals surface area contributed by atoms with Gasteiger partial charge in [0.15, 0.2) is 0 Å². The summed E-state index contributed by atoms with van der Waals surface area (Å²) >= 11 is 0. The first-order chi connectivity index (χ1) is 9.84. The van der Waals surface area contributed by atoms with Gasteiger partial charge in [-0.25, -0.2) is 0 Å². The van der Waals surface area contributed by atoms with Gasteiger partial charge in [0.2, 0.25) is 0 Å². The van der Waals surface area contributed by atoms with E-state index in [9.17, 15) is 0 Å². The largest absolute Gasteiger partial charge is 0.321 e. The molecule has 1 heteroatoms. The summed E-state index contributed by atoms with van der Waals surface area (Å²) < 4.78 is 0. The first kappa shape index (κ1) is 13.4. The van der Waals surface area contributed by atoms with Gasteiger partial charge in [0.1, 0.15) is 0 Å². The lowest BCUT2D eigenvalue weighted by Gasteiger charge is -2.19. The van der Waals surface area contributed by atoms with Gasteiger partial charge in [-0.2, -0.15) is 0 Å². The molecule has 0 fully saturated rings. The molecule has 1 atom stereocenters. The Morgan fingerprint density at radius 1 is 0.850 bits per heavy atom. The van der Waals surface area contributed by atoms with Gasteiger partial charge < -0.3 is 5.73 Å². The zero-order valence-corrected chi connectivity index (χ0v) is 12.0. The molecular weight excluding hydrogens is 242 g/mol. The zero-order valence-electron chi connectivity index (χ0n) is 12.0. The molecule has 0 heterocycles. The summed E-state index contributed by atoms with van der Waals surface area (Å²) in [6.07, 6.45) is 10.1. The Labute approximate surface area is 121 Å². The molecule has 0 spiro atoms. The van der Waals surface area contributed by atoms with Crippen molar-refractivity contribution in [2.75, 3.05) is 0 Å². The van der Waals surface area contributed by atoms with E-state index in [-0.39, 0.29) is 6.04 Å². The van der Waals surface area contributed by atoms with Crippen LogP contribution < -0.4 is 5.73 Å². The van der Waals surface area contributed by atoms with Crippen molar-refractivity contribution in [2.45, 2.75) is 44.6 Å². The highest BCUT2D eigenvalue weighted by Gasteiger charge is 2.13. The van der Waals surface area contributed by atoms with E-state index < -0.39 is 0 Å². The van der Waals surface area contributed by atoms with Crippen LogP contribution in [0.15, 0.2) is 54.1 Å². The van der Waals surface area contributed by atoms with E-state index >= 15 is 0 Å². The molecule has 0 radical (unpaired) electrons. The first-order valence-electron chi connectivity index (χ1n) is 7.78. The lowest BCUT2D eigenvalue weighted by atomic mass is 9.90. The predicted octanol–water partition coefficient (Wildman–Crippen LogP) is 5.12. The van der Waals surface area contributed by atoms with E-state index in [4.69, 9.17) is 5.73 Å². The molecule has 1 aliphatic carbocycles. The van der Waals surface area contributed by atoms with Crippen LogP contribution in [-0.4, -0.2) is 0 Å². The van der Waals surface area contributed by atoms with E-state index in [0.29, 0.717) is 0 Å². The summed E-state index contributed by atoms with van der Waals surface area (Å²) in [6.45, 7) is 0. The van der Waals surface area contributed by atoms with Crippen molar-refractivity contribution in [2.24, 2.45) is 5.73 Å². The summed E-state index contributed by atoms with van der Waals surface area (Å²) in [5.41, 5.74) is 9.19. The summed E-state index contributed by atoms with van der Waals surface area (Å²) in [5, 5.41) is 2.57. The average Bonchev–Trinajstić information content (AvgIpc) is 2.46. The molecule has 0 saturated carbocycles. The lowest BCUT2D eigenvalue weighted by Crippen LogP contribution is -2.14. The maximum absolute atomic E-state index is 6.51. The van der Waals surface area contributed by atoms with Crippen LogP contribution in [0.4, 0.5) is 0 Å². The van der Waals surface area contributed by atoms with Crippen molar-refractivity contribution < 1.29 is 0 Å². The molecule has 2 aromatic carbocycles. The normalized spacial score (nSPS) is 20.8. The van der Waals surface area contributed by atoms with Gasteiger partial charge in [0, 0.05) is 0 Å². The maximum Gasteiger partial charge on any atom is 0.0511 e. The third-order valence-electron chi connectivity index (χ3n) is 4.36. The SMILES string of the molecule is NC(/C1=C/CCCCCC1)c1ccc2ccccc2c1. The van der Waals surface area contributed by atoms with E-state index in [2.05, 4.69) is 48.5 Å². The van der Waals surface area contributed by atoms with Gasteiger partial charge in [-0.3, -0.25) is 0 Å². The molecule has 0 bridgehead atoms. The van der Waals surface area contributed by atoms with Gasteiger partial charge in [0.25, 0.3) is 0 Å². The molecule has 104 valence electrons. The highest BCUT2D eigenvalue weighted by molar-refractivity contribution is 5.83. The van der Waals surface area contributed by atoms with Gasteiger partial charge in [-0.15, -0.1) is 0 Å². The fraction of sp³-hybridized carbons (Fsp3) is 0.368. The second-order valence-electron chi connectivity index (χ2n) is 5.82. The number of nitrogens with two attached hydrogens (primary N) is 1. The molecule has 0 aromatic heterocycles.